The molecule has 2 aliphatic rings. The van der Waals surface area contributed by atoms with Gasteiger partial charge >= 0.3 is 0 Å². The van der Waals surface area contributed by atoms with Gasteiger partial charge in [-0.25, -0.2) is 0 Å². The van der Waals surface area contributed by atoms with Crippen molar-refractivity contribution in [1.82, 2.24) is 4.57 Å². The van der Waals surface area contributed by atoms with Crippen LogP contribution in [0.25, 0.3) is 72.0 Å². The van der Waals surface area contributed by atoms with Crippen molar-refractivity contribution >= 4 is 67.7 Å². The van der Waals surface area contributed by atoms with Crippen molar-refractivity contribution < 1.29 is 0 Å². The summed E-state index contributed by atoms with van der Waals surface area (Å²) in [4.78, 5) is 2.49. The van der Waals surface area contributed by atoms with E-state index in [9.17, 15) is 0 Å². The maximum absolute atomic E-state index is 2.78. The van der Waals surface area contributed by atoms with Crippen LogP contribution in [0.4, 0.5) is 17.1 Å². The molecule has 3 heteroatoms. The molecule has 340 valence electrons. The lowest BCUT2D eigenvalue weighted by Gasteiger charge is -2.33. The molecule has 1 aromatic heterocycles. The number of benzene rings is 11. The fourth-order valence-corrected chi connectivity index (χ4v) is 17.8. The molecule has 11 aromatic carbocycles. The SMILES string of the molecule is CC1(C)c2cc(-c3ccccc3)ccc2-c2c(-c3ccc(N(c4cccc([Si]5(c6ccccc6)c6ccccc6-c6ccccc65)c4)c4ccc5c(c4)c4ccccc4n5-c4ccccc4)cc3)cccc21. The van der Waals surface area contributed by atoms with Gasteiger partial charge in [0.1, 0.15) is 0 Å². The molecule has 72 heavy (non-hydrogen) atoms. The highest BCUT2D eigenvalue weighted by Gasteiger charge is 2.48. The largest absolute Gasteiger partial charge is 0.310 e. The molecule has 0 saturated heterocycles. The van der Waals surface area contributed by atoms with Crippen molar-refractivity contribution in [2.45, 2.75) is 19.3 Å². The van der Waals surface area contributed by atoms with E-state index in [0.29, 0.717) is 0 Å². The summed E-state index contributed by atoms with van der Waals surface area (Å²) in [6, 6.07) is 99.9. The first-order valence-corrected chi connectivity index (χ1v) is 27.2. The van der Waals surface area contributed by atoms with Gasteiger partial charge in [-0.1, -0.05) is 214 Å². The van der Waals surface area contributed by atoms with Crippen LogP contribution < -0.4 is 25.6 Å². The maximum atomic E-state index is 2.51. The highest BCUT2D eigenvalue weighted by atomic mass is 28.3. The summed E-state index contributed by atoms with van der Waals surface area (Å²) in [5.41, 5.74) is 19.8. The maximum Gasteiger partial charge on any atom is 0.180 e. The molecule has 2 nitrogen and oxygen atoms in total. The Morgan fingerprint density at radius 2 is 0.917 bits per heavy atom. The Hall–Kier alpha value is -8.76. The molecule has 14 rings (SSSR count). The molecule has 0 unspecified atom stereocenters. The molecule has 1 aliphatic heterocycles. The van der Waals surface area contributed by atoms with Crippen LogP contribution in [0.2, 0.25) is 0 Å². The zero-order valence-corrected chi connectivity index (χ0v) is 41.3. The molecule has 0 fully saturated rings. The molecular weight excluding hydrogens is 885 g/mol. The van der Waals surface area contributed by atoms with Crippen LogP contribution in [0.15, 0.2) is 267 Å². The third-order valence-corrected chi connectivity index (χ3v) is 20.7. The zero-order chi connectivity index (χ0) is 48.0. The second-order valence-corrected chi connectivity index (χ2v) is 23.7. The van der Waals surface area contributed by atoms with Gasteiger partial charge in [-0.3, -0.25) is 0 Å². The van der Waals surface area contributed by atoms with Crippen molar-refractivity contribution in [2.24, 2.45) is 0 Å². The Morgan fingerprint density at radius 1 is 0.347 bits per heavy atom. The molecule has 0 radical (unpaired) electrons. The minimum absolute atomic E-state index is 0.143. The fourth-order valence-electron chi connectivity index (χ4n) is 12.6. The molecule has 12 aromatic rings. The molecule has 0 bridgehead atoms. The molecule has 1 aliphatic carbocycles. The quantitative estimate of drug-likeness (QED) is 0.138. The zero-order valence-electron chi connectivity index (χ0n) is 40.3. The average Bonchev–Trinajstić information content (AvgIpc) is 4.03. The van der Waals surface area contributed by atoms with Crippen molar-refractivity contribution in [2.75, 3.05) is 4.90 Å². The minimum Gasteiger partial charge on any atom is -0.310 e. The van der Waals surface area contributed by atoms with Crippen LogP contribution in [0, 0.1) is 0 Å². The van der Waals surface area contributed by atoms with Crippen LogP contribution in [-0.4, -0.2) is 12.6 Å². The average molecular weight is 935 g/mol. The van der Waals surface area contributed by atoms with E-state index in [4.69, 9.17) is 0 Å². The van der Waals surface area contributed by atoms with Crippen LogP contribution in [0.1, 0.15) is 25.0 Å². The van der Waals surface area contributed by atoms with Crippen LogP contribution >= 0.6 is 0 Å². The first kappa shape index (κ1) is 42.1. The second kappa shape index (κ2) is 16.4. The van der Waals surface area contributed by atoms with Crippen LogP contribution in [-0.2, 0) is 5.41 Å². The Labute approximate surface area is 422 Å². The number of anilines is 3. The van der Waals surface area contributed by atoms with Gasteiger partial charge in [0.05, 0.1) is 11.0 Å². The molecule has 0 atom stereocenters. The Morgan fingerprint density at radius 3 is 1.67 bits per heavy atom. The lowest BCUT2D eigenvalue weighted by molar-refractivity contribution is 0.660. The number of fused-ring (bicyclic) bond motifs is 9. The molecule has 0 saturated carbocycles. The van der Waals surface area contributed by atoms with E-state index in [-0.39, 0.29) is 5.41 Å². The van der Waals surface area contributed by atoms with Crippen LogP contribution in [0.3, 0.4) is 0 Å². The monoisotopic (exact) mass is 934 g/mol. The van der Waals surface area contributed by atoms with Gasteiger partial charge < -0.3 is 9.47 Å². The van der Waals surface area contributed by atoms with Gasteiger partial charge in [0.25, 0.3) is 0 Å². The van der Waals surface area contributed by atoms with E-state index in [1.165, 1.54) is 98.2 Å². The minimum atomic E-state index is -2.78. The first-order chi connectivity index (χ1) is 35.5. The van der Waals surface area contributed by atoms with Gasteiger partial charge in [-0.2, -0.15) is 0 Å². The third-order valence-electron chi connectivity index (χ3n) is 15.9. The summed E-state index contributed by atoms with van der Waals surface area (Å²) in [5.74, 6) is 0. The summed E-state index contributed by atoms with van der Waals surface area (Å²) < 4.78 is 2.40. The summed E-state index contributed by atoms with van der Waals surface area (Å²) in [6.45, 7) is 4.76. The predicted molar refractivity (Wildman–Crippen MR) is 307 cm³/mol. The molecule has 0 N–H and O–H groups in total. The summed E-state index contributed by atoms with van der Waals surface area (Å²) in [5, 5.41) is 8.09. The lowest BCUT2D eigenvalue weighted by atomic mass is 9.81. The van der Waals surface area contributed by atoms with E-state index in [1.54, 1.807) is 0 Å². The summed E-state index contributed by atoms with van der Waals surface area (Å²) in [6.07, 6.45) is 0. The topological polar surface area (TPSA) is 8.17 Å². The van der Waals surface area contributed by atoms with E-state index in [0.717, 1.165) is 22.7 Å². The molecule has 0 amide bonds. The summed E-state index contributed by atoms with van der Waals surface area (Å²) in [7, 11) is -2.78. The van der Waals surface area contributed by atoms with Gasteiger partial charge in [0.2, 0.25) is 0 Å². The van der Waals surface area contributed by atoms with Gasteiger partial charge in [-0.05, 0) is 143 Å². The van der Waals surface area contributed by atoms with Crippen molar-refractivity contribution in [3.05, 3.63) is 278 Å². The van der Waals surface area contributed by atoms with Gasteiger partial charge in [0, 0.05) is 38.9 Å². The third kappa shape index (κ3) is 6.27. The standard InChI is InChI=1S/C69H50N2Si/c1-69(2)62-32-19-31-56(68(62)60-42-38-49(44-63(60)69)47-20-6-3-7-21-47)48-36-39-51(40-37-48)70(53-41-43-65-61(46-53)57-28-12-15-33-64(57)71(65)50-22-8-4-9-23-50)52-24-18-27-55(45-52)72(54-25-10-5-11-26-54)66-34-16-13-29-58(66)59-30-14-17-35-67(59)72/h3-46H,1-2H3. The van der Waals surface area contributed by atoms with E-state index in [2.05, 4.69) is 290 Å². The van der Waals surface area contributed by atoms with Gasteiger partial charge in [-0.15, -0.1) is 0 Å². The van der Waals surface area contributed by atoms with Crippen LogP contribution in [0.5, 0.6) is 0 Å². The van der Waals surface area contributed by atoms with E-state index < -0.39 is 8.07 Å². The number of aromatic nitrogens is 1. The first-order valence-electron chi connectivity index (χ1n) is 25.2. The Balaban J connectivity index is 0.958. The molecule has 2 heterocycles. The Bertz CT molecular complexity index is 4010. The normalized spacial score (nSPS) is 13.6. The second-order valence-electron chi connectivity index (χ2n) is 20.0. The van der Waals surface area contributed by atoms with Crippen molar-refractivity contribution in [3.63, 3.8) is 0 Å². The summed E-state index contributed by atoms with van der Waals surface area (Å²) >= 11 is 0. The number of hydrogen-bond acceptors (Lipinski definition) is 1. The highest BCUT2D eigenvalue weighted by molar-refractivity contribution is 7.22. The van der Waals surface area contributed by atoms with Crippen molar-refractivity contribution in [3.8, 4) is 50.2 Å². The molecular formula is C69H50N2Si. The number of hydrogen-bond donors (Lipinski definition) is 0. The molecule has 0 spiro atoms. The number of rotatable bonds is 8. The smallest absolute Gasteiger partial charge is 0.180 e. The predicted octanol–water partition coefficient (Wildman–Crippen LogP) is 15.3. The highest BCUT2D eigenvalue weighted by Crippen LogP contribution is 2.53. The fraction of sp³-hybridized carbons (Fsp3) is 0.0435. The van der Waals surface area contributed by atoms with Gasteiger partial charge in [0.15, 0.2) is 8.07 Å². The number of para-hydroxylation sites is 2. The Kier molecular flexibility index (Phi) is 9.61. The van der Waals surface area contributed by atoms with E-state index >= 15 is 0 Å². The van der Waals surface area contributed by atoms with E-state index in [1.807, 2.05) is 0 Å². The van der Waals surface area contributed by atoms with Crippen molar-refractivity contribution in [1.29, 1.82) is 0 Å². The number of nitrogens with zero attached hydrogens (tertiary/aromatic N) is 2. The lowest BCUT2D eigenvalue weighted by Crippen LogP contribution is -2.72.